The topological polar surface area (TPSA) is 75.5 Å². The van der Waals surface area contributed by atoms with Crippen LogP contribution in [0.25, 0.3) is 0 Å². The van der Waals surface area contributed by atoms with E-state index < -0.39 is 5.97 Å². The van der Waals surface area contributed by atoms with Crippen molar-refractivity contribution in [3.63, 3.8) is 0 Å². The molecule has 4 N–H and O–H groups in total. The summed E-state index contributed by atoms with van der Waals surface area (Å²) < 4.78 is 0. The number of hydrogen-bond donors (Lipinski definition) is 2. The molecule has 0 aromatic carbocycles. The number of carboxylic acid groups (broad SMARTS) is 1. The average molecular weight is 174 g/mol. The first-order chi connectivity index (χ1) is 5.04. The Kier molecular flexibility index (Phi) is 7.78. The third-order valence-electron chi connectivity index (χ3n) is 1.39. The van der Waals surface area contributed by atoms with Crippen molar-refractivity contribution in [3.8, 4) is 0 Å². The lowest BCUT2D eigenvalue weighted by molar-refractivity contribution is -0.132. The van der Waals surface area contributed by atoms with Crippen molar-refractivity contribution < 1.29 is 9.90 Å². The second kappa shape index (κ2) is 6.82. The summed E-state index contributed by atoms with van der Waals surface area (Å²) in [6.45, 7) is 4.34. The van der Waals surface area contributed by atoms with Crippen LogP contribution in [0.1, 0.15) is 12.8 Å². The zero-order valence-electron chi connectivity index (χ0n) is 7.84. The van der Waals surface area contributed by atoms with Crippen LogP contribution >= 0.6 is 0 Å². The Bertz CT molecular complexity index is 155. The Morgan fingerprint density at radius 3 is 2.33 bits per heavy atom. The van der Waals surface area contributed by atoms with Crippen LogP contribution in [0, 0.1) is 0 Å². The molecule has 4 nitrogen and oxygen atoms in total. The highest BCUT2D eigenvalue weighted by Gasteiger charge is 2.02. The van der Waals surface area contributed by atoms with Crippen molar-refractivity contribution in [2.24, 2.45) is 0 Å². The molecule has 0 saturated carbocycles. The molecule has 0 fully saturated rings. The molecular formula is C8H18N2O2. The van der Waals surface area contributed by atoms with Crippen molar-refractivity contribution in [1.82, 2.24) is 11.1 Å². The maximum atomic E-state index is 10.3. The van der Waals surface area contributed by atoms with Crippen LogP contribution in [0.3, 0.4) is 0 Å². The van der Waals surface area contributed by atoms with E-state index in [1.165, 1.54) is 0 Å². The molecule has 0 atom stereocenters. The molecule has 72 valence electrons. The normalized spacial score (nSPS) is 9.25. The first kappa shape index (κ1) is 13.7. The standard InChI is InChI=1S/C8H15NO2.H3N/c1-7(8(10)11)5-4-6-9(2)3;/h1,4-6H2,2-3H3,(H,10,11);1H3. The van der Waals surface area contributed by atoms with Crippen molar-refractivity contribution >= 4 is 5.97 Å². The second-order valence-corrected chi connectivity index (χ2v) is 2.82. The van der Waals surface area contributed by atoms with Crippen molar-refractivity contribution in [2.75, 3.05) is 20.6 Å². The highest BCUT2D eigenvalue weighted by Crippen LogP contribution is 2.01. The van der Waals surface area contributed by atoms with Crippen LogP contribution in [0.2, 0.25) is 0 Å². The number of nitrogens with zero attached hydrogens (tertiary/aromatic N) is 1. The van der Waals surface area contributed by atoms with Gasteiger partial charge >= 0.3 is 5.97 Å². The summed E-state index contributed by atoms with van der Waals surface area (Å²) in [5, 5.41) is 8.43. The second-order valence-electron chi connectivity index (χ2n) is 2.82. The summed E-state index contributed by atoms with van der Waals surface area (Å²) >= 11 is 0. The van der Waals surface area contributed by atoms with Crippen LogP contribution in [-0.2, 0) is 4.79 Å². The van der Waals surface area contributed by atoms with Gasteiger partial charge in [-0.3, -0.25) is 0 Å². The lowest BCUT2D eigenvalue weighted by Crippen LogP contribution is -2.13. The van der Waals surface area contributed by atoms with Crippen LogP contribution in [0.4, 0.5) is 0 Å². The van der Waals surface area contributed by atoms with Gasteiger partial charge in [0.2, 0.25) is 0 Å². The number of hydrogen-bond acceptors (Lipinski definition) is 3. The number of rotatable bonds is 5. The molecule has 12 heavy (non-hydrogen) atoms. The number of aliphatic carboxylic acids is 1. The Morgan fingerprint density at radius 1 is 1.50 bits per heavy atom. The maximum Gasteiger partial charge on any atom is 0.330 e. The van der Waals surface area contributed by atoms with E-state index in [1.54, 1.807) is 0 Å². The van der Waals surface area contributed by atoms with Crippen molar-refractivity contribution in [2.45, 2.75) is 12.8 Å². The highest BCUT2D eigenvalue weighted by molar-refractivity contribution is 5.85. The molecule has 4 heteroatoms. The van der Waals surface area contributed by atoms with Gasteiger partial charge in [0.25, 0.3) is 0 Å². The lowest BCUT2D eigenvalue weighted by Gasteiger charge is -2.08. The molecule has 0 aliphatic carbocycles. The third kappa shape index (κ3) is 7.24. The van der Waals surface area contributed by atoms with Gasteiger partial charge in [0.15, 0.2) is 0 Å². The molecule has 0 heterocycles. The number of carboxylic acids is 1. The summed E-state index contributed by atoms with van der Waals surface area (Å²) in [5.74, 6) is -0.885. The summed E-state index contributed by atoms with van der Waals surface area (Å²) in [6, 6.07) is 0. The predicted octanol–water partition coefficient (Wildman–Crippen LogP) is 1.13. The summed E-state index contributed by atoms with van der Waals surface area (Å²) in [6.07, 6.45) is 1.44. The van der Waals surface area contributed by atoms with Gasteiger partial charge in [-0.05, 0) is 33.5 Å². The zero-order chi connectivity index (χ0) is 8.85. The summed E-state index contributed by atoms with van der Waals surface area (Å²) in [5.41, 5.74) is 0.298. The first-order valence-corrected chi connectivity index (χ1v) is 3.60. The van der Waals surface area contributed by atoms with Crippen LogP contribution in [0.5, 0.6) is 0 Å². The smallest absolute Gasteiger partial charge is 0.330 e. The molecule has 0 amide bonds. The van der Waals surface area contributed by atoms with Crippen LogP contribution < -0.4 is 6.15 Å². The van der Waals surface area contributed by atoms with E-state index in [4.69, 9.17) is 5.11 Å². The molecule has 0 aliphatic heterocycles. The minimum absolute atomic E-state index is 0. The van der Waals surface area contributed by atoms with Gasteiger partial charge in [-0.2, -0.15) is 0 Å². The van der Waals surface area contributed by atoms with Crippen LogP contribution in [-0.4, -0.2) is 36.6 Å². The predicted molar refractivity (Wildman–Crippen MR) is 49.6 cm³/mol. The Morgan fingerprint density at radius 2 is 2.00 bits per heavy atom. The van der Waals surface area contributed by atoms with Gasteiger partial charge < -0.3 is 16.2 Å². The van der Waals surface area contributed by atoms with E-state index in [9.17, 15) is 4.79 Å². The highest BCUT2D eigenvalue weighted by atomic mass is 16.4. The molecule has 0 bridgehead atoms. The Labute approximate surface area is 73.5 Å². The van der Waals surface area contributed by atoms with E-state index in [1.807, 2.05) is 19.0 Å². The molecule has 0 aromatic rings. The third-order valence-corrected chi connectivity index (χ3v) is 1.39. The first-order valence-electron chi connectivity index (χ1n) is 3.60. The van der Waals surface area contributed by atoms with Gasteiger partial charge in [-0.25, -0.2) is 4.79 Å². The molecule has 0 radical (unpaired) electrons. The molecule has 0 aromatic heterocycles. The van der Waals surface area contributed by atoms with Crippen LogP contribution in [0.15, 0.2) is 12.2 Å². The fraction of sp³-hybridized carbons (Fsp3) is 0.625. The van der Waals surface area contributed by atoms with Gasteiger partial charge in [-0.15, -0.1) is 0 Å². The summed E-state index contributed by atoms with van der Waals surface area (Å²) in [7, 11) is 3.92. The molecule has 0 rings (SSSR count). The molecular weight excluding hydrogens is 156 g/mol. The van der Waals surface area contributed by atoms with E-state index in [0.717, 1.165) is 13.0 Å². The van der Waals surface area contributed by atoms with E-state index in [0.29, 0.717) is 12.0 Å². The molecule has 0 unspecified atom stereocenters. The lowest BCUT2D eigenvalue weighted by atomic mass is 10.1. The minimum Gasteiger partial charge on any atom is -0.478 e. The zero-order valence-corrected chi connectivity index (χ0v) is 7.84. The summed E-state index contributed by atoms with van der Waals surface area (Å²) in [4.78, 5) is 12.3. The molecule has 0 spiro atoms. The quantitative estimate of drug-likeness (QED) is 0.613. The average Bonchev–Trinajstić information content (AvgIpc) is 1.86. The van der Waals surface area contributed by atoms with Gasteiger partial charge in [0.05, 0.1) is 0 Å². The Balaban J connectivity index is 0. The SMILES string of the molecule is C=C(CCCN(C)C)C(=O)O.N. The monoisotopic (exact) mass is 174 g/mol. The van der Waals surface area contributed by atoms with Crippen molar-refractivity contribution in [3.05, 3.63) is 12.2 Å². The molecule has 0 aliphatic rings. The molecule has 0 saturated heterocycles. The van der Waals surface area contributed by atoms with E-state index in [2.05, 4.69) is 6.58 Å². The minimum atomic E-state index is -0.885. The largest absolute Gasteiger partial charge is 0.478 e. The van der Waals surface area contributed by atoms with Crippen molar-refractivity contribution in [1.29, 1.82) is 0 Å². The number of carbonyl (C=O) groups is 1. The Hall–Kier alpha value is -0.870. The maximum absolute atomic E-state index is 10.3. The van der Waals surface area contributed by atoms with E-state index in [-0.39, 0.29) is 6.15 Å². The fourth-order valence-corrected chi connectivity index (χ4v) is 0.716. The van der Waals surface area contributed by atoms with Gasteiger partial charge in [-0.1, -0.05) is 6.58 Å². The van der Waals surface area contributed by atoms with Gasteiger partial charge in [0.1, 0.15) is 0 Å². The van der Waals surface area contributed by atoms with Gasteiger partial charge in [0, 0.05) is 5.57 Å². The fourth-order valence-electron chi connectivity index (χ4n) is 0.716. The van der Waals surface area contributed by atoms with E-state index >= 15 is 0 Å².